The zero-order valence-corrected chi connectivity index (χ0v) is 6.74. The van der Waals surface area contributed by atoms with Gasteiger partial charge in [-0.3, -0.25) is 0 Å². The van der Waals surface area contributed by atoms with Gasteiger partial charge in [0.25, 0.3) is 0 Å². The topological polar surface area (TPSA) is 34.1 Å². The van der Waals surface area contributed by atoms with Gasteiger partial charge >= 0.3 is 0 Å². The Morgan fingerprint density at radius 2 is 2.00 bits per heavy atom. The molecule has 0 saturated carbocycles. The van der Waals surface area contributed by atoms with E-state index in [1.54, 1.807) is 0 Å². The molecule has 0 amide bonds. The monoisotopic (exact) mass is 149 g/mol. The second kappa shape index (κ2) is 3.88. The van der Waals surface area contributed by atoms with Crippen LogP contribution in [0, 0.1) is 6.42 Å². The highest BCUT2D eigenvalue weighted by molar-refractivity contribution is 7.90. The van der Waals surface area contributed by atoms with Crippen LogP contribution in [0.25, 0.3) is 0 Å². The summed E-state index contributed by atoms with van der Waals surface area (Å²) in [6.07, 6.45) is 4.90. The minimum atomic E-state index is -2.72. The molecule has 0 N–H and O–H groups in total. The Kier molecular flexibility index (Phi) is 3.86. The molecule has 0 bridgehead atoms. The van der Waals surface area contributed by atoms with E-state index >= 15 is 0 Å². The molecule has 55 valence electrons. The third-order valence-corrected chi connectivity index (χ3v) is 2.04. The zero-order valence-electron chi connectivity index (χ0n) is 5.92. The summed E-state index contributed by atoms with van der Waals surface area (Å²) in [7, 11) is -2.72. The molecule has 0 spiro atoms. The van der Waals surface area contributed by atoms with Crippen molar-refractivity contribution in [3.8, 4) is 0 Å². The highest BCUT2D eigenvalue weighted by Gasteiger charge is 1.98. The van der Waals surface area contributed by atoms with Gasteiger partial charge in [0.05, 0.1) is 0 Å². The maximum absolute atomic E-state index is 10.5. The minimum absolute atomic E-state index is 0.317. The molecule has 0 fully saturated rings. The van der Waals surface area contributed by atoms with E-state index in [1.165, 1.54) is 6.26 Å². The molecule has 0 aromatic carbocycles. The van der Waals surface area contributed by atoms with E-state index in [4.69, 9.17) is 0 Å². The maximum Gasteiger partial charge on any atom is 0.147 e. The molecule has 1 radical (unpaired) electrons. The van der Waals surface area contributed by atoms with Crippen molar-refractivity contribution < 1.29 is 8.42 Å². The quantitative estimate of drug-likeness (QED) is 0.559. The molecule has 2 nitrogen and oxygen atoms in total. The summed E-state index contributed by atoms with van der Waals surface area (Å²) in [6.45, 7) is 1.93. The van der Waals surface area contributed by atoms with Crippen LogP contribution in [0.4, 0.5) is 0 Å². The van der Waals surface area contributed by atoms with Crippen molar-refractivity contribution in [1.29, 1.82) is 0 Å². The van der Waals surface area contributed by atoms with Crippen LogP contribution in [0.5, 0.6) is 0 Å². The fourth-order valence-corrected chi connectivity index (χ4v) is 1.24. The van der Waals surface area contributed by atoms with Gasteiger partial charge in [-0.25, -0.2) is 8.42 Å². The molecular weight excluding hydrogens is 136 g/mol. The second-order valence-electron chi connectivity index (χ2n) is 2.18. The van der Waals surface area contributed by atoms with E-state index in [0.29, 0.717) is 5.75 Å². The van der Waals surface area contributed by atoms with Crippen molar-refractivity contribution >= 4 is 9.84 Å². The van der Waals surface area contributed by atoms with E-state index in [9.17, 15) is 8.42 Å². The maximum atomic E-state index is 10.5. The Hall–Kier alpha value is -0.0500. The molecule has 0 heterocycles. The lowest BCUT2D eigenvalue weighted by Gasteiger charge is -1.93. The molecule has 9 heavy (non-hydrogen) atoms. The first-order chi connectivity index (χ1) is 4.06. The summed E-state index contributed by atoms with van der Waals surface area (Å²) >= 11 is 0. The Morgan fingerprint density at radius 1 is 1.44 bits per heavy atom. The van der Waals surface area contributed by atoms with Crippen molar-refractivity contribution in [2.24, 2.45) is 0 Å². The first-order valence-corrected chi connectivity index (χ1v) is 5.08. The molecule has 0 aromatic rings. The molecule has 0 aliphatic carbocycles. The molecule has 3 heteroatoms. The number of rotatable bonds is 4. The Bertz CT molecular complexity index is 146. The summed E-state index contributed by atoms with van der Waals surface area (Å²) in [5.74, 6) is 0.317. The normalized spacial score (nSPS) is 11.8. The highest BCUT2D eigenvalue weighted by Crippen LogP contribution is 1.95. The van der Waals surface area contributed by atoms with Gasteiger partial charge in [0.1, 0.15) is 9.84 Å². The average molecular weight is 149 g/mol. The van der Waals surface area contributed by atoms with E-state index in [0.717, 1.165) is 12.8 Å². The van der Waals surface area contributed by atoms with Gasteiger partial charge in [-0.1, -0.05) is 6.92 Å². The minimum Gasteiger partial charge on any atom is -0.229 e. The van der Waals surface area contributed by atoms with Crippen molar-refractivity contribution in [1.82, 2.24) is 0 Å². The molecule has 0 atom stereocenters. The van der Waals surface area contributed by atoms with Gasteiger partial charge < -0.3 is 0 Å². The Labute approximate surface area is 57.2 Å². The summed E-state index contributed by atoms with van der Waals surface area (Å²) < 4.78 is 21.0. The standard InChI is InChI=1S/C6H13O2S/c1-3-4-5-6-9(2,7)8/h3H,4-6H2,1-2H3. The van der Waals surface area contributed by atoms with Crippen LogP contribution >= 0.6 is 0 Å². The van der Waals surface area contributed by atoms with Crippen LogP contribution in [0.1, 0.15) is 19.8 Å². The molecule has 0 saturated heterocycles. The van der Waals surface area contributed by atoms with Crippen LogP contribution in [-0.2, 0) is 9.84 Å². The second-order valence-corrected chi connectivity index (χ2v) is 4.44. The molecule has 0 aliphatic heterocycles. The largest absolute Gasteiger partial charge is 0.229 e. The molecule has 0 aromatic heterocycles. The van der Waals surface area contributed by atoms with Crippen LogP contribution in [0.15, 0.2) is 0 Å². The summed E-state index contributed by atoms with van der Waals surface area (Å²) in [4.78, 5) is 0. The molecule has 0 aliphatic rings. The lowest BCUT2D eigenvalue weighted by molar-refractivity contribution is 0.599. The predicted octanol–water partition coefficient (Wildman–Crippen LogP) is 1.04. The average Bonchev–Trinajstić information content (AvgIpc) is 1.63. The summed E-state index contributed by atoms with van der Waals surface area (Å²) in [6, 6.07) is 0. The molecule has 0 unspecified atom stereocenters. The van der Waals surface area contributed by atoms with Gasteiger partial charge in [0.2, 0.25) is 0 Å². The van der Waals surface area contributed by atoms with Crippen LogP contribution < -0.4 is 0 Å². The predicted molar refractivity (Wildman–Crippen MR) is 38.9 cm³/mol. The van der Waals surface area contributed by atoms with Crippen molar-refractivity contribution in [2.75, 3.05) is 12.0 Å². The van der Waals surface area contributed by atoms with E-state index in [-0.39, 0.29) is 0 Å². The Balaban J connectivity index is 3.30. The van der Waals surface area contributed by atoms with Gasteiger partial charge in [0, 0.05) is 12.0 Å². The molecule has 0 rings (SSSR count). The van der Waals surface area contributed by atoms with Crippen molar-refractivity contribution in [3.05, 3.63) is 6.42 Å². The van der Waals surface area contributed by atoms with E-state index in [2.05, 4.69) is 0 Å². The Morgan fingerprint density at radius 3 is 2.33 bits per heavy atom. The molecular formula is C6H13O2S. The highest BCUT2D eigenvalue weighted by atomic mass is 32.2. The summed E-state index contributed by atoms with van der Waals surface area (Å²) in [5.41, 5.74) is 0. The fraction of sp³-hybridized carbons (Fsp3) is 0.833. The fourth-order valence-electron chi connectivity index (χ4n) is 0.550. The SMILES string of the molecule is C[CH]CCCS(C)(=O)=O. The van der Waals surface area contributed by atoms with Crippen molar-refractivity contribution in [2.45, 2.75) is 19.8 Å². The number of unbranched alkanes of at least 4 members (excludes halogenated alkanes) is 2. The van der Waals surface area contributed by atoms with Gasteiger partial charge in [-0.2, -0.15) is 0 Å². The van der Waals surface area contributed by atoms with Crippen LogP contribution in [0.3, 0.4) is 0 Å². The lowest BCUT2D eigenvalue weighted by Crippen LogP contribution is -2.01. The van der Waals surface area contributed by atoms with E-state index in [1.807, 2.05) is 13.3 Å². The van der Waals surface area contributed by atoms with E-state index < -0.39 is 9.84 Å². The van der Waals surface area contributed by atoms with Gasteiger partial charge in [0.15, 0.2) is 0 Å². The number of hydrogen-bond donors (Lipinski definition) is 0. The summed E-state index contributed by atoms with van der Waals surface area (Å²) in [5, 5.41) is 0. The smallest absolute Gasteiger partial charge is 0.147 e. The number of sulfone groups is 1. The number of hydrogen-bond acceptors (Lipinski definition) is 2. The van der Waals surface area contributed by atoms with Crippen LogP contribution in [-0.4, -0.2) is 20.4 Å². The third kappa shape index (κ3) is 7.95. The first kappa shape index (κ1) is 8.95. The van der Waals surface area contributed by atoms with Gasteiger partial charge in [-0.05, 0) is 19.3 Å². The van der Waals surface area contributed by atoms with Crippen LogP contribution in [0.2, 0.25) is 0 Å². The lowest BCUT2D eigenvalue weighted by atomic mass is 10.3. The zero-order chi connectivity index (χ0) is 7.33. The van der Waals surface area contributed by atoms with Crippen molar-refractivity contribution in [3.63, 3.8) is 0 Å². The first-order valence-electron chi connectivity index (χ1n) is 3.02. The third-order valence-electron chi connectivity index (χ3n) is 1.01. The van der Waals surface area contributed by atoms with Gasteiger partial charge in [-0.15, -0.1) is 0 Å².